The van der Waals surface area contributed by atoms with E-state index in [0.29, 0.717) is 17.1 Å². The van der Waals surface area contributed by atoms with Crippen LogP contribution < -0.4 is 5.32 Å². The van der Waals surface area contributed by atoms with Crippen molar-refractivity contribution in [1.82, 2.24) is 5.32 Å². The second-order valence-electron chi connectivity index (χ2n) is 5.17. The Bertz CT molecular complexity index is 355. The maximum Gasteiger partial charge on any atom is 0.129 e. The van der Waals surface area contributed by atoms with E-state index in [1.807, 2.05) is 0 Å². The molecular formula is C15H21ClFN. The summed E-state index contributed by atoms with van der Waals surface area (Å²) in [6.07, 6.45) is 8.10. The Morgan fingerprint density at radius 2 is 2.06 bits per heavy atom. The highest BCUT2D eigenvalue weighted by atomic mass is 35.5. The predicted octanol–water partition coefficient (Wildman–Crippen LogP) is 4.54. The Morgan fingerprint density at radius 3 is 2.78 bits per heavy atom. The molecule has 2 rings (SSSR count). The van der Waals surface area contributed by atoms with Gasteiger partial charge in [0.15, 0.2) is 0 Å². The predicted molar refractivity (Wildman–Crippen MR) is 74.3 cm³/mol. The summed E-state index contributed by atoms with van der Waals surface area (Å²) in [6.45, 7) is 1.47. The number of rotatable bonds is 6. The van der Waals surface area contributed by atoms with Crippen LogP contribution >= 0.6 is 11.6 Å². The third kappa shape index (κ3) is 3.96. The van der Waals surface area contributed by atoms with Gasteiger partial charge in [-0.3, -0.25) is 0 Å². The zero-order valence-electron chi connectivity index (χ0n) is 10.7. The standard InChI is InChI=1S/C15H21ClFN/c16-14-8-3-9-15(17)13(14)11-18-10-4-7-12-5-1-2-6-12/h3,8-9,12,18H,1-2,4-7,10-11H2. The van der Waals surface area contributed by atoms with Crippen LogP contribution in [-0.2, 0) is 6.54 Å². The highest BCUT2D eigenvalue weighted by Gasteiger charge is 2.14. The first-order valence-electron chi connectivity index (χ1n) is 6.91. The summed E-state index contributed by atoms with van der Waals surface area (Å²) in [4.78, 5) is 0. The van der Waals surface area contributed by atoms with Gasteiger partial charge >= 0.3 is 0 Å². The van der Waals surface area contributed by atoms with Crippen LogP contribution in [0, 0.1) is 11.7 Å². The van der Waals surface area contributed by atoms with E-state index in [1.165, 1.54) is 44.6 Å². The topological polar surface area (TPSA) is 12.0 Å². The van der Waals surface area contributed by atoms with E-state index in [0.717, 1.165) is 12.5 Å². The van der Waals surface area contributed by atoms with Crippen molar-refractivity contribution in [3.05, 3.63) is 34.6 Å². The summed E-state index contributed by atoms with van der Waals surface area (Å²) < 4.78 is 13.5. The van der Waals surface area contributed by atoms with E-state index < -0.39 is 0 Å². The van der Waals surface area contributed by atoms with Crippen molar-refractivity contribution in [1.29, 1.82) is 0 Å². The zero-order chi connectivity index (χ0) is 12.8. The molecular weight excluding hydrogens is 249 g/mol. The van der Waals surface area contributed by atoms with Crippen LogP contribution in [0.25, 0.3) is 0 Å². The lowest BCUT2D eigenvalue weighted by molar-refractivity contribution is 0.468. The van der Waals surface area contributed by atoms with Gasteiger partial charge in [-0.15, -0.1) is 0 Å². The van der Waals surface area contributed by atoms with Crippen molar-refractivity contribution < 1.29 is 4.39 Å². The molecule has 100 valence electrons. The molecule has 1 aromatic rings. The molecule has 0 heterocycles. The molecule has 1 aliphatic carbocycles. The Labute approximate surface area is 114 Å². The Morgan fingerprint density at radius 1 is 1.28 bits per heavy atom. The zero-order valence-corrected chi connectivity index (χ0v) is 11.5. The smallest absolute Gasteiger partial charge is 0.129 e. The number of halogens is 2. The van der Waals surface area contributed by atoms with E-state index >= 15 is 0 Å². The minimum Gasteiger partial charge on any atom is -0.313 e. The fourth-order valence-electron chi connectivity index (χ4n) is 2.73. The van der Waals surface area contributed by atoms with Crippen LogP contribution in [0.4, 0.5) is 4.39 Å². The van der Waals surface area contributed by atoms with Gasteiger partial charge in [-0.2, -0.15) is 0 Å². The second-order valence-corrected chi connectivity index (χ2v) is 5.58. The van der Waals surface area contributed by atoms with E-state index in [-0.39, 0.29) is 5.82 Å². The van der Waals surface area contributed by atoms with Crippen LogP contribution in [0.5, 0.6) is 0 Å². The first kappa shape index (κ1) is 13.8. The highest BCUT2D eigenvalue weighted by Crippen LogP contribution is 2.28. The largest absolute Gasteiger partial charge is 0.313 e. The second kappa shape index (κ2) is 7.10. The highest BCUT2D eigenvalue weighted by molar-refractivity contribution is 6.31. The van der Waals surface area contributed by atoms with Crippen molar-refractivity contribution in [2.45, 2.75) is 45.1 Å². The van der Waals surface area contributed by atoms with Gasteiger partial charge in [0.05, 0.1) is 0 Å². The van der Waals surface area contributed by atoms with E-state index in [2.05, 4.69) is 5.32 Å². The molecule has 1 aliphatic rings. The summed E-state index contributed by atoms with van der Waals surface area (Å²) in [7, 11) is 0. The van der Waals surface area contributed by atoms with Crippen LogP contribution in [0.2, 0.25) is 5.02 Å². The van der Waals surface area contributed by atoms with Gasteiger partial charge in [-0.25, -0.2) is 4.39 Å². The lowest BCUT2D eigenvalue weighted by atomic mass is 10.0. The molecule has 18 heavy (non-hydrogen) atoms. The lowest BCUT2D eigenvalue weighted by Crippen LogP contribution is -2.16. The molecule has 3 heteroatoms. The SMILES string of the molecule is Fc1cccc(Cl)c1CNCCCC1CCCC1. The lowest BCUT2D eigenvalue weighted by Gasteiger charge is -2.10. The van der Waals surface area contributed by atoms with Gasteiger partial charge in [0.2, 0.25) is 0 Å². The Kier molecular flexibility index (Phi) is 5.45. The average molecular weight is 270 g/mol. The Balaban J connectivity index is 1.65. The molecule has 0 spiro atoms. The Hall–Kier alpha value is -0.600. The van der Waals surface area contributed by atoms with E-state index in [1.54, 1.807) is 12.1 Å². The van der Waals surface area contributed by atoms with Gasteiger partial charge in [-0.05, 0) is 37.4 Å². The molecule has 0 atom stereocenters. The normalized spacial score (nSPS) is 16.3. The van der Waals surface area contributed by atoms with Crippen LogP contribution in [0.3, 0.4) is 0 Å². The molecule has 0 amide bonds. The molecule has 1 aromatic carbocycles. The summed E-state index contributed by atoms with van der Waals surface area (Å²) >= 11 is 5.97. The van der Waals surface area contributed by atoms with E-state index in [9.17, 15) is 4.39 Å². The third-order valence-corrected chi connectivity index (χ3v) is 4.16. The van der Waals surface area contributed by atoms with Crippen molar-refractivity contribution in [3.8, 4) is 0 Å². The summed E-state index contributed by atoms with van der Waals surface area (Å²) in [5.41, 5.74) is 0.583. The molecule has 0 aliphatic heterocycles. The number of hydrogen-bond donors (Lipinski definition) is 1. The quantitative estimate of drug-likeness (QED) is 0.748. The van der Waals surface area contributed by atoms with Crippen molar-refractivity contribution >= 4 is 11.6 Å². The number of nitrogens with one attached hydrogen (secondary N) is 1. The average Bonchev–Trinajstić information content (AvgIpc) is 2.85. The fourth-order valence-corrected chi connectivity index (χ4v) is 2.96. The molecule has 1 nitrogen and oxygen atoms in total. The molecule has 1 fully saturated rings. The van der Waals surface area contributed by atoms with E-state index in [4.69, 9.17) is 11.6 Å². The molecule has 0 aromatic heterocycles. The molecule has 1 saturated carbocycles. The third-order valence-electron chi connectivity index (χ3n) is 3.80. The monoisotopic (exact) mass is 269 g/mol. The van der Waals surface area contributed by atoms with Gasteiger partial charge in [0, 0.05) is 17.1 Å². The number of benzene rings is 1. The van der Waals surface area contributed by atoms with Crippen LogP contribution in [-0.4, -0.2) is 6.54 Å². The minimum absolute atomic E-state index is 0.217. The maximum atomic E-state index is 13.5. The van der Waals surface area contributed by atoms with Crippen molar-refractivity contribution in [2.75, 3.05) is 6.54 Å². The number of hydrogen-bond acceptors (Lipinski definition) is 1. The van der Waals surface area contributed by atoms with Gasteiger partial charge in [0.25, 0.3) is 0 Å². The van der Waals surface area contributed by atoms with Crippen LogP contribution in [0.15, 0.2) is 18.2 Å². The fraction of sp³-hybridized carbons (Fsp3) is 0.600. The first-order valence-corrected chi connectivity index (χ1v) is 7.29. The summed E-state index contributed by atoms with van der Waals surface area (Å²) in [5, 5.41) is 3.80. The van der Waals surface area contributed by atoms with Gasteiger partial charge < -0.3 is 5.32 Å². The molecule has 0 saturated heterocycles. The molecule has 0 radical (unpaired) electrons. The summed E-state index contributed by atoms with van der Waals surface area (Å²) in [5.74, 6) is 0.717. The summed E-state index contributed by atoms with van der Waals surface area (Å²) in [6, 6.07) is 4.84. The van der Waals surface area contributed by atoms with Crippen molar-refractivity contribution in [3.63, 3.8) is 0 Å². The molecule has 0 bridgehead atoms. The molecule has 0 unspecified atom stereocenters. The van der Waals surface area contributed by atoms with Crippen LogP contribution in [0.1, 0.15) is 44.1 Å². The minimum atomic E-state index is -0.217. The van der Waals surface area contributed by atoms with Gasteiger partial charge in [-0.1, -0.05) is 43.4 Å². The van der Waals surface area contributed by atoms with Gasteiger partial charge in [0.1, 0.15) is 5.82 Å². The molecule has 1 N–H and O–H groups in total. The maximum absolute atomic E-state index is 13.5. The van der Waals surface area contributed by atoms with Crippen molar-refractivity contribution in [2.24, 2.45) is 5.92 Å². The first-order chi connectivity index (χ1) is 8.77.